The molecule has 1 N–H and O–H groups in total. The van der Waals surface area contributed by atoms with Gasteiger partial charge in [-0.25, -0.2) is 0 Å². The van der Waals surface area contributed by atoms with Gasteiger partial charge in [-0.3, -0.25) is 4.79 Å². The Labute approximate surface area is 149 Å². The van der Waals surface area contributed by atoms with Crippen LogP contribution in [0.25, 0.3) is 0 Å². The topological polar surface area (TPSA) is 52.9 Å². The molecule has 0 radical (unpaired) electrons. The summed E-state index contributed by atoms with van der Waals surface area (Å²) >= 11 is 3.40. The summed E-state index contributed by atoms with van der Waals surface area (Å²) in [7, 11) is 0. The van der Waals surface area contributed by atoms with E-state index in [1.807, 2.05) is 56.3 Å². The number of hydrazone groups is 1. The second kappa shape index (κ2) is 6.49. The molecule has 124 valence electrons. The molecule has 1 atom stereocenters. The van der Waals surface area contributed by atoms with Crippen LogP contribution >= 0.6 is 15.9 Å². The Hall–Kier alpha value is -1.98. The van der Waals surface area contributed by atoms with Crippen molar-refractivity contribution in [2.75, 3.05) is 0 Å². The number of aliphatic hydroxyl groups is 1. The molecule has 4 nitrogen and oxygen atoms in total. The summed E-state index contributed by atoms with van der Waals surface area (Å²) in [4.78, 5) is 13.0. The van der Waals surface area contributed by atoms with E-state index in [1.54, 1.807) is 6.07 Å². The van der Waals surface area contributed by atoms with Crippen LogP contribution in [-0.4, -0.2) is 21.7 Å². The summed E-state index contributed by atoms with van der Waals surface area (Å²) in [5, 5.41) is 17.0. The average molecular weight is 387 g/mol. The molecule has 0 aromatic heterocycles. The largest absolute Gasteiger partial charge is 0.365 e. The highest BCUT2D eigenvalue weighted by molar-refractivity contribution is 9.10. The normalized spacial score (nSPS) is 20.2. The molecule has 0 aliphatic carbocycles. The third kappa shape index (κ3) is 2.89. The number of amides is 1. The fraction of sp³-hybridized carbons (Fsp3) is 0.263. The predicted octanol–water partition coefficient (Wildman–Crippen LogP) is 4.21. The van der Waals surface area contributed by atoms with Gasteiger partial charge in [0.1, 0.15) is 0 Å². The summed E-state index contributed by atoms with van der Waals surface area (Å²) < 4.78 is 0.918. The van der Waals surface area contributed by atoms with E-state index < -0.39 is 5.72 Å². The molecule has 0 spiro atoms. The van der Waals surface area contributed by atoms with Crippen LogP contribution in [0, 0.1) is 6.92 Å². The van der Waals surface area contributed by atoms with E-state index in [2.05, 4.69) is 21.0 Å². The number of nitrogens with zero attached hydrogens (tertiary/aromatic N) is 2. The average Bonchev–Trinajstić information content (AvgIpc) is 2.93. The number of hydrogen-bond donors (Lipinski definition) is 1. The van der Waals surface area contributed by atoms with Gasteiger partial charge in [-0.2, -0.15) is 10.1 Å². The molecule has 0 saturated carbocycles. The van der Waals surface area contributed by atoms with Crippen LogP contribution in [0.2, 0.25) is 0 Å². The highest BCUT2D eigenvalue weighted by Crippen LogP contribution is 2.37. The van der Waals surface area contributed by atoms with Crippen molar-refractivity contribution in [3.63, 3.8) is 0 Å². The van der Waals surface area contributed by atoms with E-state index in [0.717, 1.165) is 15.7 Å². The highest BCUT2D eigenvalue weighted by Gasteiger charge is 2.45. The fourth-order valence-electron chi connectivity index (χ4n) is 2.90. The summed E-state index contributed by atoms with van der Waals surface area (Å²) in [5.41, 5.74) is 1.42. The molecule has 1 aliphatic rings. The summed E-state index contributed by atoms with van der Waals surface area (Å²) in [6.07, 6.45) is 1.01. The van der Waals surface area contributed by atoms with Crippen molar-refractivity contribution in [2.45, 2.75) is 32.4 Å². The highest BCUT2D eigenvalue weighted by atomic mass is 79.9. The molecule has 2 aromatic rings. The minimum absolute atomic E-state index is 0.290. The fourth-order valence-corrected chi connectivity index (χ4v) is 3.16. The number of aryl methyl sites for hydroxylation is 1. The van der Waals surface area contributed by atoms with Crippen LogP contribution in [0.3, 0.4) is 0 Å². The number of carbonyl (C=O) groups is 1. The Kier molecular flexibility index (Phi) is 4.56. The Bertz CT molecular complexity index is 801. The van der Waals surface area contributed by atoms with Crippen molar-refractivity contribution in [2.24, 2.45) is 5.10 Å². The number of carbonyl (C=O) groups excluding carboxylic acids is 1. The van der Waals surface area contributed by atoms with Gasteiger partial charge in [0, 0.05) is 27.7 Å². The maximum Gasteiger partial charge on any atom is 0.277 e. The zero-order valence-corrected chi connectivity index (χ0v) is 15.2. The molecule has 3 rings (SSSR count). The number of benzene rings is 2. The molecular weight excluding hydrogens is 368 g/mol. The zero-order valence-electron chi connectivity index (χ0n) is 13.7. The third-order valence-corrected chi connectivity index (χ3v) is 4.85. The molecule has 0 saturated heterocycles. The van der Waals surface area contributed by atoms with Gasteiger partial charge in [0.2, 0.25) is 0 Å². The summed E-state index contributed by atoms with van der Waals surface area (Å²) in [6.45, 7) is 3.86. The third-order valence-electron chi connectivity index (χ3n) is 4.32. The van der Waals surface area contributed by atoms with E-state index in [1.165, 1.54) is 5.01 Å². The lowest BCUT2D eigenvalue weighted by Crippen LogP contribution is -2.43. The lowest BCUT2D eigenvalue weighted by atomic mass is 9.96. The van der Waals surface area contributed by atoms with E-state index in [4.69, 9.17) is 0 Å². The van der Waals surface area contributed by atoms with Crippen molar-refractivity contribution in [1.29, 1.82) is 0 Å². The number of hydrogen-bond acceptors (Lipinski definition) is 3. The quantitative estimate of drug-likeness (QED) is 0.858. The van der Waals surface area contributed by atoms with Gasteiger partial charge in [-0.15, -0.1) is 0 Å². The van der Waals surface area contributed by atoms with Crippen LogP contribution in [0.5, 0.6) is 0 Å². The molecule has 1 amide bonds. The summed E-state index contributed by atoms with van der Waals surface area (Å²) in [5.74, 6) is -0.290. The van der Waals surface area contributed by atoms with E-state index in [-0.39, 0.29) is 5.91 Å². The van der Waals surface area contributed by atoms with Crippen LogP contribution in [0.1, 0.15) is 41.3 Å². The maximum absolute atomic E-state index is 13.0. The number of halogens is 1. The van der Waals surface area contributed by atoms with Crippen LogP contribution in [-0.2, 0) is 5.72 Å². The van der Waals surface area contributed by atoms with Gasteiger partial charge in [-0.1, -0.05) is 53.2 Å². The van der Waals surface area contributed by atoms with Gasteiger partial charge in [0.05, 0.1) is 0 Å². The molecule has 1 aliphatic heterocycles. The predicted molar refractivity (Wildman–Crippen MR) is 97.7 cm³/mol. The minimum atomic E-state index is -1.45. The Balaban J connectivity index is 2.05. The maximum atomic E-state index is 13.0. The molecule has 1 heterocycles. The van der Waals surface area contributed by atoms with Crippen LogP contribution < -0.4 is 0 Å². The number of rotatable bonds is 3. The van der Waals surface area contributed by atoms with Crippen molar-refractivity contribution in [1.82, 2.24) is 5.01 Å². The first-order valence-corrected chi connectivity index (χ1v) is 8.70. The van der Waals surface area contributed by atoms with Gasteiger partial charge < -0.3 is 5.11 Å². The monoisotopic (exact) mass is 386 g/mol. The van der Waals surface area contributed by atoms with Crippen molar-refractivity contribution >= 4 is 27.5 Å². The summed E-state index contributed by atoms with van der Waals surface area (Å²) in [6, 6.07) is 14.7. The Morgan fingerprint density at radius 1 is 1.25 bits per heavy atom. The first-order chi connectivity index (χ1) is 11.5. The van der Waals surface area contributed by atoms with Crippen molar-refractivity contribution in [3.8, 4) is 0 Å². The van der Waals surface area contributed by atoms with E-state index >= 15 is 0 Å². The SMILES string of the molecule is CCC1=NN(C(=O)c2ccccc2C)[C@](O)(c2ccc(Br)cc2)C1. The molecule has 0 unspecified atom stereocenters. The standard InChI is InChI=1S/C19H19BrN2O2/c1-3-16-12-19(24,14-8-10-15(20)11-9-14)22(21-16)18(23)17-7-5-4-6-13(17)2/h4-11,24H,3,12H2,1-2H3/t19-/m1/s1. The second-order valence-corrected chi connectivity index (χ2v) is 6.87. The molecule has 5 heteroatoms. The van der Waals surface area contributed by atoms with Crippen LogP contribution in [0.15, 0.2) is 58.1 Å². The molecule has 24 heavy (non-hydrogen) atoms. The molecular formula is C19H19BrN2O2. The van der Waals surface area contributed by atoms with Gasteiger partial charge in [-0.05, 0) is 37.1 Å². The lowest BCUT2D eigenvalue weighted by Gasteiger charge is -2.32. The van der Waals surface area contributed by atoms with Gasteiger partial charge >= 0.3 is 0 Å². The van der Waals surface area contributed by atoms with Crippen LogP contribution in [0.4, 0.5) is 0 Å². The first-order valence-electron chi connectivity index (χ1n) is 7.90. The van der Waals surface area contributed by atoms with E-state index in [0.29, 0.717) is 24.0 Å². The Morgan fingerprint density at radius 3 is 2.54 bits per heavy atom. The van der Waals surface area contributed by atoms with Gasteiger partial charge in [0.15, 0.2) is 5.72 Å². The molecule has 0 fully saturated rings. The second-order valence-electron chi connectivity index (χ2n) is 5.95. The van der Waals surface area contributed by atoms with Gasteiger partial charge in [0.25, 0.3) is 5.91 Å². The molecule has 2 aromatic carbocycles. The Morgan fingerprint density at radius 2 is 1.92 bits per heavy atom. The lowest BCUT2D eigenvalue weighted by molar-refractivity contribution is -0.0766. The first kappa shape index (κ1) is 16.9. The van der Waals surface area contributed by atoms with E-state index in [9.17, 15) is 9.90 Å². The van der Waals surface area contributed by atoms with Crippen molar-refractivity contribution in [3.05, 3.63) is 69.7 Å². The zero-order chi connectivity index (χ0) is 17.3. The minimum Gasteiger partial charge on any atom is -0.365 e. The molecule has 0 bridgehead atoms. The smallest absolute Gasteiger partial charge is 0.277 e. The van der Waals surface area contributed by atoms with Crippen molar-refractivity contribution < 1.29 is 9.90 Å².